The van der Waals surface area contributed by atoms with Crippen molar-refractivity contribution in [1.82, 2.24) is 25.4 Å². The standard InChI is InChI=1S/C22H31N5O4.C16H23NO5/c1-4-31-20(28)16-11-8-12-27-18(16)25-26-19(27)17(24-21(29)22(2,3)23)14-30-13-15-9-6-5-7-10-15;1-16(2,3)22-15(19)17-13(14(18)20-4)11-21-10-12-8-6-5-7-9-12/h5-7,9-10,16-17H,4,8,11-14,23H2,1-3H3,(H,24,29);5-9,13H,10-11H2,1-4H3,(H,17,19)/t16?,17-;13-/m10/s1. The molecule has 1 aliphatic heterocycles. The Morgan fingerprint density at radius 3 is 2.00 bits per heavy atom. The molecule has 0 radical (unpaired) electrons. The SMILES string of the molecule is CCOC(=O)C1CCCn2c1nnc2[C@@H](COCc1ccccc1)NC(=O)C(C)(C)N.COC(=O)[C@H](COCc1ccccc1)NC(=O)OC(C)(C)C. The summed E-state index contributed by atoms with van der Waals surface area (Å²) in [7, 11) is 1.25. The number of aromatic nitrogens is 3. The van der Waals surface area contributed by atoms with Gasteiger partial charge in [0, 0.05) is 6.54 Å². The van der Waals surface area contributed by atoms with Crippen LogP contribution in [0.1, 0.15) is 89.1 Å². The Labute approximate surface area is 311 Å². The van der Waals surface area contributed by atoms with Crippen LogP contribution in [0.25, 0.3) is 0 Å². The number of rotatable bonds is 15. The highest BCUT2D eigenvalue weighted by molar-refractivity contribution is 5.85. The van der Waals surface area contributed by atoms with E-state index in [-0.39, 0.29) is 25.1 Å². The van der Waals surface area contributed by atoms with Crippen molar-refractivity contribution in [2.45, 2.75) is 103 Å². The van der Waals surface area contributed by atoms with Crippen LogP contribution in [0.3, 0.4) is 0 Å². The number of nitrogens with zero attached hydrogens (tertiary/aromatic N) is 3. The highest BCUT2D eigenvalue weighted by Crippen LogP contribution is 2.30. The van der Waals surface area contributed by atoms with Crippen LogP contribution in [0.5, 0.6) is 0 Å². The molecule has 2 amide bonds. The number of amides is 2. The van der Waals surface area contributed by atoms with E-state index >= 15 is 0 Å². The number of fused-ring (bicyclic) bond motifs is 1. The Morgan fingerprint density at radius 2 is 1.47 bits per heavy atom. The monoisotopic (exact) mass is 738 g/mol. The van der Waals surface area contributed by atoms with Gasteiger partial charge in [-0.05, 0) is 65.5 Å². The maximum atomic E-state index is 12.6. The van der Waals surface area contributed by atoms with Gasteiger partial charge >= 0.3 is 18.0 Å². The van der Waals surface area contributed by atoms with Gasteiger partial charge in [-0.3, -0.25) is 9.59 Å². The Hall–Kier alpha value is -4.86. The lowest BCUT2D eigenvalue weighted by molar-refractivity contribution is -0.146. The fourth-order valence-electron chi connectivity index (χ4n) is 5.14. The second kappa shape index (κ2) is 20.4. The molecule has 0 fully saturated rings. The summed E-state index contributed by atoms with van der Waals surface area (Å²) in [5.41, 5.74) is 6.27. The molecule has 53 heavy (non-hydrogen) atoms. The zero-order valence-electron chi connectivity index (χ0n) is 31.8. The maximum absolute atomic E-state index is 12.6. The zero-order valence-corrected chi connectivity index (χ0v) is 31.8. The minimum Gasteiger partial charge on any atom is -0.467 e. The van der Waals surface area contributed by atoms with Gasteiger partial charge in [-0.25, -0.2) is 9.59 Å². The van der Waals surface area contributed by atoms with Crippen molar-refractivity contribution in [1.29, 1.82) is 0 Å². The van der Waals surface area contributed by atoms with Crippen LogP contribution in [-0.4, -0.2) is 82.8 Å². The van der Waals surface area contributed by atoms with E-state index in [1.807, 2.05) is 65.2 Å². The maximum Gasteiger partial charge on any atom is 0.408 e. The smallest absolute Gasteiger partial charge is 0.408 e. The minimum absolute atomic E-state index is 0.000804. The van der Waals surface area contributed by atoms with Crippen molar-refractivity contribution in [2.24, 2.45) is 5.73 Å². The highest BCUT2D eigenvalue weighted by Gasteiger charge is 2.35. The molecule has 1 aromatic heterocycles. The summed E-state index contributed by atoms with van der Waals surface area (Å²) in [6.45, 7) is 12.2. The highest BCUT2D eigenvalue weighted by atomic mass is 16.6. The number of esters is 2. The normalized spacial score (nSPS) is 15.1. The van der Waals surface area contributed by atoms with Crippen LogP contribution in [0.2, 0.25) is 0 Å². The van der Waals surface area contributed by atoms with Gasteiger partial charge in [-0.1, -0.05) is 60.7 Å². The third-order valence-corrected chi connectivity index (χ3v) is 7.74. The van der Waals surface area contributed by atoms with E-state index in [4.69, 9.17) is 24.7 Å². The molecule has 0 saturated carbocycles. The summed E-state index contributed by atoms with van der Waals surface area (Å²) in [6.07, 6.45) is 0.759. The number of carbonyl (C=O) groups excluding carboxylic acids is 4. The van der Waals surface area contributed by atoms with Gasteiger partial charge in [0.2, 0.25) is 5.91 Å². The number of alkyl carbamates (subject to hydrolysis) is 1. The number of hydrogen-bond acceptors (Lipinski definition) is 12. The summed E-state index contributed by atoms with van der Waals surface area (Å²) in [5, 5.41) is 14.0. The van der Waals surface area contributed by atoms with Crippen LogP contribution in [-0.2, 0) is 57.8 Å². The lowest BCUT2D eigenvalue weighted by Gasteiger charge is -2.27. The van der Waals surface area contributed by atoms with Gasteiger partial charge in [0.25, 0.3) is 0 Å². The van der Waals surface area contributed by atoms with E-state index < -0.39 is 41.2 Å². The molecule has 0 bridgehead atoms. The first-order chi connectivity index (χ1) is 25.1. The van der Waals surface area contributed by atoms with Crippen molar-refractivity contribution < 1.29 is 42.9 Å². The quantitative estimate of drug-likeness (QED) is 0.150. The first-order valence-electron chi connectivity index (χ1n) is 17.6. The number of nitrogens with one attached hydrogen (secondary N) is 2. The summed E-state index contributed by atoms with van der Waals surface area (Å²) in [5.74, 6) is -0.549. The summed E-state index contributed by atoms with van der Waals surface area (Å²) in [4.78, 5) is 48.4. The van der Waals surface area contributed by atoms with Gasteiger partial charge in [-0.15, -0.1) is 10.2 Å². The van der Waals surface area contributed by atoms with Crippen LogP contribution in [0, 0.1) is 0 Å². The Balaban J connectivity index is 0.000000304. The molecule has 1 unspecified atom stereocenters. The van der Waals surface area contributed by atoms with Gasteiger partial charge in [-0.2, -0.15) is 0 Å². The van der Waals surface area contributed by atoms with Crippen molar-refractivity contribution in [3.63, 3.8) is 0 Å². The lowest BCUT2D eigenvalue weighted by atomic mass is 9.98. The number of carbonyl (C=O) groups is 4. The largest absolute Gasteiger partial charge is 0.467 e. The summed E-state index contributed by atoms with van der Waals surface area (Å²) < 4.78 is 28.2. The van der Waals surface area contributed by atoms with Crippen molar-refractivity contribution in [3.05, 3.63) is 83.4 Å². The average Bonchev–Trinajstić information content (AvgIpc) is 3.55. The second-order valence-corrected chi connectivity index (χ2v) is 14.0. The molecule has 0 spiro atoms. The van der Waals surface area contributed by atoms with E-state index in [0.29, 0.717) is 44.4 Å². The molecule has 15 nitrogen and oxygen atoms in total. The molecule has 15 heteroatoms. The molecule has 0 aliphatic carbocycles. The molecule has 2 heterocycles. The van der Waals surface area contributed by atoms with Crippen molar-refractivity contribution in [2.75, 3.05) is 26.9 Å². The number of benzene rings is 2. The molecule has 0 saturated heterocycles. The molecule has 3 atom stereocenters. The number of methoxy groups -OCH3 is 1. The average molecular weight is 739 g/mol. The molecule has 4 N–H and O–H groups in total. The Kier molecular flexibility index (Phi) is 16.4. The number of nitrogens with two attached hydrogens (primary N) is 1. The van der Waals surface area contributed by atoms with Crippen LogP contribution in [0.4, 0.5) is 4.79 Å². The minimum atomic E-state index is -1.06. The van der Waals surface area contributed by atoms with E-state index in [0.717, 1.165) is 17.5 Å². The first-order valence-corrected chi connectivity index (χ1v) is 17.6. The second-order valence-electron chi connectivity index (χ2n) is 14.0. The summed E-state index contributed by atoms with van der Waals surface area (Å²) >= 11 is 0. The number of ether oxygens (including phenoxy) is 5. The molecule has 3 aromatic rings. The van der Waals surface area contributed by atoms with Gasteiger partial charge in [0.1, 0.15) is 23.4 Å². The molecule has 290 valence electrons. The third kappa shape index (κ3) is 14.2. The van der Waals surface area contributed by atoms with Gasteiger partial charge in [0.05, 0.1) is 45.7 Å². The Morgan fingerprint density at radius 1 is 0.887 bits per heavy atom. The third-order valence-electron chi connectivity index (χ3n) is 7.74. The van der Waals surface area contributed by atoms with E-state index in [1.165, 1.54) is 7.11 Å². The predicted molar refractivity (Wildman–Crippen MR) is 195 cm³/mol. The van der Waals surface area contributed by atoms with E-state index in [9.17, 15) is 19.2 Å². The van der Waals surface area contributed by atoms with E-state index in [2.05, 4.69) is 25.6 Å². The predicted octanol–water partition coefficient (Wildman–Crippen LogP) is 4.10. The van der Waals surface area contributed by atoms with Gasteiger partial charge < -0.3 is 44.6 Å². The molecular formula is C38H54N6O9. The van der Waals surface area contributed by atoms with E-state index in [1.54, 1.807) is 41.5 Å². The topological polar surface area (TPSA) is 195 Å². The summed E-state index contributed by atoms with van der Waals surface area (Å²) in [6, 6.07) is 17.8. The molecule has 1 aliphatic rings. The molecule has 4 rings (SSSR count). The first kappa shape index (κ1) is 42.6. The fraction of sp³-hybridized carbons (Fsp3) is 0.526. The zero-order chi connectivity index (χ0) is 39.0. The lowest BCUT2D eigenvalue weighted by Crippen LogP contribution is -2.51. The van der Waals surface area contributed by atoms with Crippen LogP contribution in [0.15, 0.2) is 60.7 Å². The van der Waals surface area contributed by atoms with Gasteiger partial charge in [0.15, 0.2) is 11.9 Å². The molecule has 2 aromatic carbocycles. The number of hydrogen-bond donors (Lipinski definition) is 3. The molecular weight excluding hydrogens is 684 g/mol. The van der Waals surface area contributed by atoms with Crippen LogP contribution < -0.4 is 16.4 Å². The van der Waals surface area contributed by atoms with Crippen molar-refractivity contribution >= 4 is 23.9 Å². The van der Waals surface area contributed by atoms with Crippen molar-refractivity contribution in [3.8, 4) is 0 Å². The fourth-order valence-corrected chi connectivity index (χ4v) is 5.14. The van der Waals surface area contributed by atoms with Crippen LogP contribution >= 0.6 is 0 Å². The Bertz CT molecular complexity index is 1600.